The van der Waals surface area contributed by atoms with Gasteiger partial charge in [-0.3, -0.25) is 0 Å². The minimum absolute atomic E-state index is 0.372. The molecule has 4 bridgehead atoms. The molecule has 4 aliphatic carbocycles. The lowest BCUT2D eigenvalue weighted by molar-refractivity contribution is -0.00518. The van der Waals surface area contributed by atoms with Crippen LogP contribution in [0.25, 0.3) is 67.2 Å². The summed E-state index contributed by atoms with van der Waals surface area (Å²) in [6.45, 7) is 0. The lowest BCUT2D eigenvalue weighted by Gasteiger charge is -2.57. The van der Waals surface area contributed by atoms with Crippen molar-refractivity contribution in [1.29, 1.82) is 5.26 Å². The topological polar surface area (TPSA) is 62.5 Å². The first-order valence-electron chi connectivity index (χ1n) is 18.7. The Bertz CT molecular complexity index is 2480. The lowest BCUT2D eigenvalue weighted by Crippen LogP contribution is -2.48. The standard InChI is InChI=1S/C48H38N4/c49-30-31-14-15-35-16-17-38(26-39(35)25-31)42-11-5-7-13-44(42)47-51-45(37-8-2-1-3-9-37)50-46(52-47)43-12-6-4-10-41(43)36-18-20-40(21-19-36)48-27-32-22-33(28-48)24-34(23-32)29-48/h1-21,25-26,32-34H,22-24,27-29H2/t32-,33+,34-,48?. The van der Waals surface area contributed by atoms with E-state index in [0.29, 0.717) is 28.5 Å². The molecule has 7 aromatic rings. The van der Waals surface area contributed by atoms with Gasteiger partial charge in [0.15, 0.2) is 17.5 Å². The van der Waals surface area contributed by atoms with Crippen molar-refractivity contribution >= 4 is 10.8 Å². The summed E-state index contributed by atoms with van der Waals surface area (Å²) in [5.41, 5.74) is 9.78. The monoisotopic (exact) mass is 670 g/mol. The van der Waals surface area contributed by atoms with Gasteiger partial charge in [-0.05, 0) is 118 Å². The summed E-state index contributed by atoms with van der Waals surface area (Å²) in [5.74, 6) is 4.68. The van der Waals surface area contributed by atoms with Gasteiger partial charge in [-0.1, -0.05) is 121 Å². The maximum atomic E-state index is 9.54. The van der Waals surface area contributed by atoms with Crippen molar-refractivity contribution in [2.45, 2.75) is 43.9 Å². The zero-order valence-corrected chi connectivity index (χ0v) is 29.0. The van der Waals surface area contributed by atoms with Crippen molar-refractivity contribution in [2.75, 3.05) is 0 Å². The summed E-state index contributed by atoms with van der Waals surface area (Å²) < 4.78 is 0. The molecule has 4 heteroatoms. The Labute approximate surface area is 304 Å². The number of benzene rings is 6. The van der Waals surface area contributed by atoms with E-state index in [1.54, 1.807) is 0 Å². The van der Waals surface area contributed by atoms with Gasteiger partial charge in [-0.15, -0.1) is 0 Å². The maximum absolute atomic E-state index is 9.54. The first kappa shape index (κ1) is 30.9. The van der Waals surface area contributed by atoms with Crippen LogP contribution in [0, 0.1) is 29.1 Å². The highest BCUT2D eigenvalue weighted by atomic mass is 15.0. The second-order valence-corrected chi connectivity index (χ2v) is 15.4. The van der Waals surface area contributed by atoms with Crippen molar-refractivity contribution < 1.29 is 0 Å². The predicted molar refractivity (Wildman–Crippen MR) is 209 cm³/mol. The third kappa shape index (κ3) is 5.40. The zero-order chi connectivity index (χ0) is 34.6. The second kappa shape index (κ2) is 12.4. The molecule has 0 saturated heterocycles. The smallest absolute Gasteiger partial charge is 0.164 e. The lowest BCUT2D eigenvalue weighted by atomic mass is 9.48. The Kier molecular flexibility index (Phi) is 7.35. The van der Waals surface area contributed by atoms with E-state index in [2.05, 4.69) is 103 Å². The Morgan fingerprint density at radius 1 is 0.462 bits per heavy atom. The van der Waals surface area contributed by atoms with E-state index in [9.17, 15) is 5.26 Å². The van der Waals surface area contributed by atoms with Gasteiger partial charge in [0.1, 0.15) is 0 Å². The second-order valence-electron chi connectivity index (χ2n) is 15.4. The molecule has 6 aromatic carbocycles. The number of rotatable bonds is 6. The van der Waals surface area contributed by atoms with Gasteiger partial charge < -0.3 is 0 Å². The first-order chi connectivity index (χ1) is 25.6. The van der Waals surface area contributed by atoms with Gasteiger partial charge in [-0.25, -0.2) is 15.0 Å². The Balaban J connectivity index is 1.08. The molecule has 52 heavy (non-hydrogen) atoms. The molecule has 1 aromatic heterocycles. The normalized spacial score (nSPS) is 21.6. The summed E-state index contributed by atoms with van der Waals surface area (Å²) in [4.78, 5) is 15.5. The highest BCUT2D eigenvalue weighted by Gasteiger charge is 2.51. The number of hydrogen-bond acceptors (Lipinski definition) is 4. The Morgan fingerprint density at radius 2 is 0.981 bits per heavy atom. The quantitative estimate of drug-likeness (QED) is 0.177. The van der Waals surface area contributed by atoms with Crippen LogP contribution in [0.5, 0.6) is 0 Å². The molecule has 4 saturated carbocycles. The van der Waals surface area contributed by atoms with Gasteiger partial charge in [0.25, 0.3) is 0 Å². The minimum Gasteiger partial charge on any atom is -0.208 e. The molecule has 250 valence electrons. The summed E-state index contributed by atoms with van der Waals surface area (Å²) in [5, 5.41) is 11.7. The van der Waals surface area contributed by atoms with E-state index in [1.165, 1.54) is 49.7 Å². The van der Waals surface area contributed by atoms with Crippen molar-refractivity contribution in [2.24, 2.45) is 17.8 Å². The van der Waals surface area contributed by atoms with E-state index < -0.39 is 0 Å². The molecule has 11 rings (SSSR count). The van der Waals surface area contributed by atoms with E-state index in [4.69, 9.17) is 15.0 Å². The average Bonchev–Trinajstić information content (AvgIpc) is 3.20. The van der Waals surface area contributed by atoms with Crippen LogP contribution in [0.4, 0.5) is 0 Å². The van der Waals surface area contributed by atoms with Crippen LogP contribution in [0.15, 0.2) is 140 Å². The number of fused-ring (bicyclic) bond motifs is 1. The van der Waals surface area contributed by atoms with Crippen LogP contribution in [0.1, 0.15) is 49.7 Å². The van der Waals surface area contributed by atoms with E-state index >= 15 is 0 Å². The van der Waals surface area contributed by atoms with Crippen molar-refractivity contribution in [3.8, 4) is 62.5 Å². The third-order valence-corrected chi connectivity index (χ3v) is 12.1. The summed E-state index contributed by atoms with van der Waals surface area (Å²) in [6, 6.07) is 51.0. The number of nitriles is 1. The fraction of sp³-hybridized carbons (Fsp3) is 0.208. The van der Waals surface area contributed by atoms with Crippen LogP contribution < -0.4 is 0 Å². The number of aromatic nitrogens is 3. The van der Waals surface area contributed by atoms with Gasteiger partial charge in [-0.2, -0.15) is 5.26 Å². The van der Waals surface area contributed by atoms with E-state index in [0.717, 1.165) is 61.9 Å². The first-order valence-corrected chi connectivity index (χ1v) is 18.7. The van der Waals surface area contributed by atoms with Gasteiger partial charge in [0.2, 0.25) is 0 Å². The summed E-state index contributed by atoms with van der Waals surface area (Å²) in [6.07, 6.45) is 8.48. The van der Waals surface area contributed by atoms with Crippen molar-refractivity contribution in [3.05, 3.63) is 151 Å². The van der Waals surface area contributed by atoms with Crippen molar-refractivity contribution in [3.63, 3.8) is 0 Å². The molecule has 1 heterocycles. The number of nitrogens with zero attached hydrogens (tertiary/aromatic N) is 4. The predicted octanol–water partition coefficient (Wildman–Crippen LogP) is 11.7. The molecular weight excluding hydrogens is 633 g/mol. The molecule has 4 fully saturated rings. The fourth-order valence-corrected chi connectivity index (χ4v) is 10.1. The summed E-state index contributed by atoms with van der Waals surface area (Å²) in [7, 11) is 0. The van der Waals surface area contributed by atoms with Crippen LogP contribution in [-0.2, 0) is 5.41 Å². The molecule has 4 aliphatic rings. The van der Waals surface area contributed by atoms with E-state index in [-0.39, 0.29) is 0 Å². The number of hydrogen-bond donors (Lipinski definition) is 0. The molecule has 0 amide bonds. The average molecular weight is 671 g/mol. The van der Waals surface area contributed by atoms with E-state index in [1.807, 2.05) is 42.5 Å². The Morgan fingerprint density at radius 3 is 1.60 bits per heavy atom. The Hall–Kier alpha value is -5.92. The van der Waals surface area contributed by atoms with Crippen molar-refractivity contribution in [1.82, 2.24) is 15.0 Å². The van der Waals surface area contributed by atoms with Crippen LogP contribution in [-0.4, -0.2) is 15.0 Å². The SMILES string of the molecule is N#Cc1ccc2ccc(-c3ccccc3-c3nc(-c4ccccc4)nc(-c4ccccc4-c4ccc(C56C[C@H]7C[C@@H](C5)C[C@@H](C6)C7)cc4)n3)cc2c1. The molecule has 0 atom stereocenters. The third-order valence-electron chi connectivity index (χ3n) is 12.1. The zero-order valence-electron chi connectivity index (χ0n) is 29.0. The highest BCUT2D eigenvalue weighted by Crippen LogP contribution is 2.60. The van der Waals surface area contributed by atoms with Gasteiger partial charge in [0.05, 0.1) is 11.6 Å². The fourth-order valence-electron chi connectivity index (χ4n) is 10.1. The van der Waals surface area contributed by atoms with Gasteiger partial charge in [0, 0.05) is 16.7 Å². The molecule has 0 radical (unpaired) electrons. The van der Waals surface area contributed by atoms with Crippen LogP contribution in [0.2, 0.25) is 0 Å². The molecule has 4 nitrogen and oxygen atoms in total. The van der Waals surface area contributed by atoms with Gasteiger partial charge >= 0.3 is 0 Å². The molecule has 0 spiro atoms. The molecule has 0 aliphatic heterocycles. The summed E-state index contributed by atoms with van der Waals surface area (Å²) >= 11 is 0. The molecular formula is C48H38N4. The highest BCUT2D eigenvalue weighted by molar-refractivity contribution is 5.91. The molecule has 0 unspecified atom stereocenters. The van der Waals surface area contributed by atoms with Crippen LogP contribution >= 0.6 is 0 Å². The maximum Gasteiger partial charge on any atom is 0.164 e. The van der Waals surface area contributed by atoms with Crippen LogP contribution in [0.3, 0.4) is 0 Å². The molecule has 0 N–H and O–H groups in total. The minimum atomic E-state index is 0.372. The largest absolute Gasteiger partial charge is 0.208 e.